The lowest BCUT2D eigenvalue weighted by atomic mass is 10.3. The molecule has 0 saturated heterocycles. The Hall–Kier alpha value is -2.56. The number of rotatable bonds is 10. The van der Waals surface area contributed by atoms with Gasteiger partial charge in [-0.2, -0.15) is 0 Å². The van der Waals surface area contributed by atoms with Crippen LogP contribution in [0.1, 0.15) is 20.8 Å². The van der Waals surface area contributed by atoms with Crippen molar-refractivity contribution in [2.75, 3.05) is 25.5 Å². The van der Waals surface area contributed by atoms with Crippen LogP contribution in [0.3, 0.4) is 0 Å². The van der Waals surface area contributed by atoms with Gasteiger partial charge in [0.2, 0.25) is 11.8 Å². The summed E-state index contributed by atoms with van der Waals surface area (Å²) in [5.41, 5.74) is 0.743. The van der Waals surface area contributed by atoms with E-state index in [4.69, 9.17) is 9.47 Å². The molecule has 0 aromatic carbocycles. The van der Waals surface area contributed by atoms with Crippen LogP contribution in [0.2, 0.25) is 0 Å². The Morgan fingerprint density at radius 1 is 1.22 bits per heavy atom. The van der Waals surface area contributed by atoms with Gasteiger partial charge in [-0.15, -0.1) is 15.3 Å². The molecule has 148 valence electrons. The average molecular weight is 396 g/mol. The molecule has 0 radical (unpaired) electrons. The fraction of sp³-hybridized carbons (Fsp3) is 0.562. The number of hydrogen-bond donors (Lipinski definition) is 1. The van der Waals surface area contributed by atoms with E-state index in [-0.39, 0.29) is 24.8 Å². The Labute approximate surface area is 161 Å². The van der Waals surface area contributed by atoms with Gasteiger partial charge in [-0.1, -0.05) is 11.8 Å². The zero-order chi connectivity index (χ0) is 19.8. The predicted molar refractivity (Wildman–Crippen MR) is 99.4 cm³/mol. The lowest BCUT2D eigenvalue weighted by Gasteiger charge is -2.05. The Kier molecular flexibility index (Phi) is 7.65. The summed E-state index contributed by atoms with van der Waals surface area (Å²) in [5.74, 6) is 0.462. The third-order valence-corrected chi connectivity index (χ3v) is 4.50. The summed E-state index contributed by atoms with van der Waals surface area (Å²) < 4.78 is 13.9. The molecule has 1 N–H and O–H groups in total. The summed E-state index contributed by atoms with van der Waals surface area (Å²) >= 11 is 1.22. The number of aromatic nitrogens is 5. The van der Waals surface area contributed by atoms with Gasteiger partial charge >= 0.3 is 5.97 Å². The van der Waals surface area contributed by atoms with Crippen LogP contribution in [0.15, 0.2) is 11.4 Å². The molecule has 2 heterocycles. The van der Waals surface area contributed by atoms with Gasteiger partial charge in [0.1, 0.15) is 12.1 Å². The van der Waals surface area contributed by atoms with Crippen LogP contribution >= 0.6 is 11.8 Å². The van der Waals surface area contributed by atoms with E-state index < -0.39 is 5.97 Å². The van der Waals surface area contributed by atoms with Gasteiger partial charge in [0.05, 0.1) is 19.0 Å². The Bertz CT molecular complexity index is 788. The van der Waals surface area contributed by atoms with Crippen LogP contribution in [0, 0.1) is 0 Å². The van der Waals surface area contributed by atoms with Crippen molar-refractivity contribution < 1.29 is 19.1 Å². The monoisotopic (exact) mass is 396 g/mol. The number of nitrogens with zero attached hydrogens (tertiary/aromatic N) is 5. The SMILES string of the molecule is CCOC(=O)CNC(=O)CSc1nnc(-c2cn(CC)nc2OCC)n1C. The van der Waals surface area contributed by atoms with Crippen molar-refractivity contribution in [3.05, 3.63) is 6.20 Å². The summed E-state index contributed by atoms with van der Waals surface area (Å²) in [6, 6.07) is 0. The molecule has 0 aliphatic rings. The molecule has 2 aromatic rings. The molecular weight excluding hydrogens is 372 g/mol. The number of amides is 1. The molecule has 0 bridgehead atoms. The zero-order valence-electron chi connectivity index (χ0n) is 15.9. The van der Waals surface area contributed by atoms with Gasteiger partial charge in [-0.25, -0.2) is 0 Å². The second kappa shape index (κ2) is 9.95. The number of thioether (sulfide) groups is 1. The summed E-state index contributed by atoms with van der Waals surface area (Å²) in [4.78, 5) is 23.1. The molecule has 0 aliphatic carbocycles. The molecule has 0 aliphatic heterocycles. The van der Waals surface area contributed by atoms with E-state index in [1.54, 1.807) is 16.2 Å². The maximum Gasteiger partial charge on any atom is 0.325 e. The van der Waals surface area contributed by atoms with E-state index >= 15 is 0 Å². The van der Waals surface area contributed by atoms with E-state index in [0.29, 0.717) is 30.0 Å². The maximum absolute atomic E-state index is 11.9. The molecule has 0 unspecified atom stereocenters. The van der Waals surface area contributed by atoms with Crippen molar-refractivity contribution in [3.8, 4) is 17.3 Å². The smallest absolute Gasteiger partial charge is 0.325 e. The molecule has 2 rings (SSSR count). The lowest BCUT2D eigenvalue weighted by molar-refractivity contribution is -0.143. The van der Waals surface area contributed by atoms with Gasteiger partial charge in [-0.3, -0.25) is 14.3 Å². The van der Waals surface area contributed by atoms with Gasteiger partial charge in [-0.05, 0) is 20.8 Å². The topological polar surface area (TPSA) is 113 Å². The quantitative estimate of drug-likeness (QED) is 0.465. The van der Waals surface area contributed by atoms with Crippen LogP contribution in [-0.2, 0) is 27.9 Å². The first-order valence-electron chi connectivity index (χ1n) is 8.65. The molecule has 27 heavy (non-hydrogen) atoms. The molecule has 1 amide bonds. The highest BCUT2D eigenvalue weighted by Crippen LogP contribution is 2.29. The highest BCUT2D eigenvalue weighted by Gasteiger charge is 2.19. The van der Waals surface area contributed by atoms with E-state index in [1.165, 1.54) is 11.8 Å². The minimum atomic E-state index is -0.465. The van der Waals surface area contributed by atoms with Gasteiger partial charge < -0.3 is 19.4 Å². The number of ether oxygens (including phenoxy) is 2. The number of hydrogen-bond acceptors (Lipinski definition) is 8. The first-order chi connectivity index (χ1) is 13.0. The second-order valence-electron chi connectivity index (χ2n) is 5.37. The van der Waals surface area contributed by atoms with Crippen LogP contribution < -0.4 is 10.1 Å². The van der Waals surface area contributed by atoms with E-state index in [9.17, 15) is 9.59 Å². The van der Waals surface area contributed by atoms with Gasteiger partial charge in [0.15, 0.2) is 11.0 Å². The van der Waals surface area contributed by atoms with Crippen molar-refractivity contribution in [1.29, 1.82) is 0 Å². The number of nitrogens with one attached hydrogen (secondary N) is 1. The molecule has 2 aromatic heterocycles. The van der Waals surface area contributed by atoms with E-state index in [2.05, 4.69) is 20.6 Å². The maximum atomic E-state index is 11.9. The van der Waals surface area contributed by atoms with Gasteiger partial charge in [0.25, 0.3) is 0 Å². The minimum absolute atomic E-state index is 0.109. The van der Waals surface area contributed by atoms with Crippen molar-refractivity contribution in [2.24, 2.45) is 7.05 Å². The third-order valence-electron chi connectivity index (χ3n) is 3.48. The number of carbonyl (C=O) groups is 2. The summed E-state index contributed by atoms with van der Waals surface area (Å²) in [5, 5.41) is 15.8. The number of esters is 1. The second-order valence-corrected chi connectivity index (χ2v) is 6.31. The average Bonchev–Trinajstić information content (AvgIpc) is 3.22. The predicted octanol–water partition coefficient (Wildman–Crippen LogP) is 0.869. The molecule has 0 saturated carbocycles. The molecule has 10 nitrogen and oxygen atoms in total. The standard InChI is InChI=1S/C16H24N6O4S/c1-5-22-9-11(15(20-22)26-7-3)14-18-19-16(21(14)4)27-10-12(23)17-8-13(24)25-6-2/h9H,5-8,10H2,1-4H3,(H,17,23). The molecule has 0 spiro atoms. The van der Waals surface area contributed by atoms with Crippen molar-refractivity contribution in [2.45, 2.75) is 32.5 Å². The first kappa shape index (κ1) is 20.7. The fourth-order valence-electron chi connectivity index (χ4n) is 2.20. The van der Waals surface area contributed by atoms with E-state index in [1.807, 2.05) is 27.1 Å². The fourth-order valence-corrected chi connectivity index (χ4v) is 2.94. The van der Waals surface area contributed by atoms with Crippen LogP contribution in [0.4, 0.5) is 0 Å². The lowest BCUT2D eigenvalue weighted by Crippen LogP contribution is -2.31. The summed E-state index contributed by atoms with van der Waals surface area (Å²) in [6.45, 7) is 6.92. The van der Waals surface area contributed by atoms with Crippen LogP contribution in [-0.4, -0.2) is 61.9 Å². The number of aryl methyl sites for hydroxylation is 1. The first-order valence-corrected chi connectivity index (χ1v) is 9.63. The highest BCUT2D eigenvalue weighted by atomic mass is 32.2. The Balaban J connectivity index is 2.02. The minimum Gasteiger partial charge on any atom is -0.476 e. The molecule has 0 fully saturated rings. The van der Waals surface area contributed by atoms with Gasteiger partial charge in [0, 0.05) is 19.8 Å². The Morgan fingerprint density at radius 2 is 2.00 bits per heavy atom. The van der Waals surface area contributed by atoms with Crippen molar-refractivity contribution >= 4 is 23.6 Å². The Morgan fingerprint density at radius 3 is 2.67 bits per heavy atom. The molecule has 0 atom stereocenters. The van der Waals surface area contributed by atoms with Crippen molar-refractivity contribution in [1.82, 2.24) is 29.9 Å². The number of carbonyl (C=O) groups excluding carboxylic acids is 2. The van der Waals surface area contributed by atoms with Crippen LogP contribution in [0.5, 0.6) is 5.88 Å². The third kappa shape index (κ3) is 5.46. The largest absolute Gasteiger partial charge is 0.476 e. The summed E-state index contributed by atoms with van der Waals surface area (Å²) in [6.07, 6.45) is 1.86. The zero-order valence-corrected chi connectivity index (χ0v) is 16.7. The molecular formula is C16H24N6O4S. The van der Waals surface area contributed by atoms with E-state index in [0.717, 1.165) is 5.56 Å². The normalized spacial score (nSPS) is 10.7. The van der Waals surface area contributed by atoms with Crippen molar-refractivity contribution in [3.63, 3.8) is 0 Å². The molecule has 11 heteroatoms. The van der Waals surface area contributed by atoms with Crippen LogP contribution in [0.25, 0.3) is 11.4 Å². The highest BCUT2D eigenvalue weighted by molar-refractivity contribution is 7.99. The summed E-state index contributed by atoms with van der Waals surface area (Å²) in [7, 11) is 1.81.